The van der Waals surface area contributed by atoms with Crippen molar-refractivity contribution in [3.8, 4) is 22.3 Å². The van der Waals surface area contributed by atoms with E-state index in [1.807, 2.05) is 0 Å². The largest absolute Gasteiger partial charge is 0.0616 e. The summed E-state index contributed by atoms with van der Waals surface area (Å²) in [5, 5.41) is 7.73. The van der Waals surface area contributed by atoms with Gasteiger partial charge in [-0.2, -0.15) is 0 Å². The first-order chi connectivity index (χ1) is 15.7. The molecule has 0 bridgehead atoms. The molecule has 0 N–H and O–H groups in total. The molecule has 0 aliphatic carbocycles. The van der Waals surface area contributed by atoms with Crippen LogP contribution in [0, 0.1) is 13.8 Å². The summed E-state index contributed by atoms with van der Waals surface area (Å²) in [5.41, 5.74) is 7.68. The topological polar surface area (TPSA) is 0 Å². The Balaban J connectivity index is 1.64. The maximum Gasteiger partial charge on any atom is -0.00930 e. The average Bonchev–Trinajstić information content (AvgIpc) is 2.82. The predicted octanol–water partition coefficient (Wildman–Crippen LogP) is 9.10. The highest BCUT2D eigenvalue weighted by Gasteiger charge is 2.11. The Bertz CT molecular complexity index is 1640. The molecule has 0 aliphatic heterocycles. The first-order valence-corrected chi connectivity index (χ1v) is 11.2. The Morgan fingerprint density at radius 3 is 1.97 bits per heavy atom. The van der Waals surface area contributed by atoms with Gasteiger partial charge in [-0.3, -0.25) is 0 Å². The lowest BCUT2D eigenvalue weighted by atomic mass is 9.90. The van der Waals surface area contributed by atoms with Crippen LogP contribution in [0.5, 0.6) is 0 Å². The van der Waals surface area contributed by atoms with E-state index in [1.165, 1.54) is 65.7 Å². The average molecular weight is 409 g/mol. The van der Waals surface area contributed by atoms with Crippen molar-refractivity contribution in [1.29, 1.82) is 0 Å². The Hall–Kier alpha value is -3.90. The first kappa shape index (κ1) is 18.8. The van der Waals surface area contributed by atoms with Crippen molar-refractivity contribution in [2.75, 3.05) is 0 Å². The molecule has 6 aromatic rings. The maximum absolute atomic E-state index is 2.37. The Morgan fingerprint density at radius 1 is 0.375 bits per heavy atom. The van der Waals surface area contributed by atoms with Gasteiger partial charge in [0.25, 0.3) is 0 Å². The van der Waals surface area contributed by atoms with Gasteiger partial charge in [0.05, 0.1) is 0 Å². The second-order valence-corrected chi connectivity index (χ2v) is 8.84. The lowest BCUT2D eigenvalue weighted by molar-refractivity contribution is 1.50. The van der Waals surface area contributed by atoms with Crippen LogP contribution in [-0.2, 0) is 0 Å². The van der Waals surface area contributed by atoms with Crippen LogP contribution in [0.3, 0.4) is 0 Å². The Morgan fingerprint density at radius 2 is 1.06 bits per heavy atom. The number of hydrogen-bond acceptors (Lipinski definition) is 0. The molecule has 0 aliphatic rings. The molecule has 0 radical (unpaired) electrons. The van der Waals surface area contributed by atoms with Crippen LogP contribution in [0.15, 0.2) is 109 Å². The molecular formula is C32H24. The molecule has 32 heavy (non-hydrogen) atoms. The fraction of sp³-hybridized carbons (Fsp3) is 0.0625. The van der Waals surface area contributed by atoms with Gasteiger partial charge in [-0.15, -0.1) is 0 Å². The smallest absolute Gasteiger partial charge is 0.00930 e. The lowest BCUT2D eigenvalue weighted by Crippen LogP contribution is -1.88. The number of hydrogen-bond donors (Lipinski definition) is 0. The number of aryl methyl sites for hydroxylation is 2. The van der Waals surface area contributed by atoms with Gasteiger partial charge in [-0.1, -0.05) is 102 Å². The van der Waals surface area contributed by atoms with Crippen molar-refractivity contribution in [3.05, 3.63) is 120 Å². The number of fused-ring (bicyclic) bond motifs is 3. The molecule has 0 unspecified atom stereocenters. The summed E-state index contributed by atoms with van der Waals surface area (Å²) in [6, 6.07) is 40.3. The van der Waals surface area contributed by atoms with Crippen LogP contribution in [0.25, 0.3) is 54.6 Å². The molecule has 0 atom stereocenters. The first-order valence-electron chi connectivity index (χ1n) is 11.2. The molecule has 0 fully saturated rings. The molecule has 0 heteroatoms. The zero-order valence-electron chi connectivity index (χ0n) is 18.4. The minimum Gasteiger partial charge on any atom is -0.0616 e. The van der Waals surface area contributed by atoms with E-state index >= 15 is 0 Å². The molecule has 0 spiro atoms. The number of rotatable bonds is 2. The summed E-state index contributed by atoms with van der Waals surface area (Å²) in [6.45, 7) is 4.32. The van der Waals surface area contributed by atoms with E-state index in [9.17, 15) is 0 Å². The van der Waals surface area contributed by atoms with Gasteiger partial charge in [0, 0.05) is 0 Å². The van der Waals surface area contributed by atoms with Gasteiger partial charge in [-0.25, -0.2) is 0 Å². The summed E-state index contributed by atoms with van der Waals surface area (Å²) < 4.78 is 0. The van der Waals surface area contributed by atoms with Gasteiger partial charge in [0.2, 0.25) is 0 Å². The third-order valence-electron chi connectivity index (χ3n) is 6.52. The van der Waals surface area contributed by atoms with E-state index < -0.39 is 0 Å². The lowest BCUT2D eigenvalue weighted by Gasteiger charge is -2.14. The van der Waals surface area contributed by atoms with Gasteiger partial charge in [0.1, 0.15) is 0 Å². The summed E-state index contributed by atoms with van der Waals surface area (Å²) in [6.07, 6.45) is 0. The third kappa shape index (κ3) is 3.16. The van der Waals surface area contributed by atoms with E-state index in [1.54, 1.807) is 0 Å². The van der Waals surface area contributed by atoms with Crippen molar-refractivity contribution < 1.29 is 0 Å². The highest BCUT2D eigenvalue weighted by Crippen LogP contribution is 2.38. The Labute approximate surface area is 188 Å². The normalized spacial score (nSPS) is 11.4. The minimum atomic E-state index is 1.25. The van der Waals surface area contributed by atoms with Crippen molar-refractivity contribution >= 4 is 32.3 Å². The molecule has 0 saturated carbocycles. The van der Waals surface area contributed by atoms with E-state index in [2.05, 4.69) is 123 Å². The molecule has 6 rings (SSSR count). The highest BCUT2D eigenvalue weighted by molar-refractivity contribution is 6.07. The zero-order valence-corrected chi connectivity index (χ0v) is 18.4. The summed E-state index contributed by atoms with van der Waals surface area (Å²) in [4.78, 5) is 0. The Kier molecular flexibility index (Phi) is 4.33. The fourth-order valence-corrected chi connectivity index (χ4v) is 4.87. The van der Waals surface area contributed by atoms with Gasteiger partial charge >= 0.3 is 0 Å². The van der Waals surface area contributed by atoms with Crippen molar-refractivity contribution in [2.24, 2.45) is 0 Å². The minimum absolute atomic E-state index is 1.25. The van der Waals surface area contributed by atoms with Crippen LogP contribution < -0.4 is 0 Å². The molecule has 0 amide bonds. The van der Waals surface area contributed by atoms with Gasteiger partial charge in [0.15, 0.2) is 0 Å². The van der Waals surface area contributed by atoms with E-state index in [-0.39, 0.29) is 0 Å². The second kappa shape index (κ2) is 7.35. The standard InChI is InChI=1S/C32H24/c1-21-11-13-25-18-26(15-14-24(25)16-21)28-19-27-6-3-4-8-29(27)32(20-28)30-9-5-7-23-12-10-22(2)17-31(23)30/h3-20H,1-2H3. The fourth-order valence-electron chi connectivity index (χ4n) is 4.87. The molecule has 0 saturated heterocycles. The van der Waals surface area contributed by atoms with E-state index in [4.69, 9.17) is 0 Å². The van der Waals surface area contributed by atoms with E-state index in [0.717, 1.165) is 0 Å². The molecule has 0 aromatic heterocycles. The van der Waals surface area contributed by atoms with E-state index in [0.29, 0.717) is 0 Å². The molecule has 0 heterocycles. The maximum atomic E-state index is 2.37. The van der Waals surface area contributed by atoms with Crippen LogP contribution in [0.1, 0.15) is 11.1 Å². The monoisotopic (exact) mass is 408 g/mol. The van der Waals surface area contributed by atoms with Crippen molar-refractivity contribution in [1.82, 2.24) is 0 Å². The van der Waals surface area contributed by atoms with Gasteiger partial charge < -0.3 is 0 Å². The van der Waals surface area contributed by atoms with Crippen LogP contribution in [-0.4, -0.2) is 0 Å². The summed E-state index contributed by atoms with van der Waals surface area (Å²) >= 11 is 0. The highest BCUT2D eigenvalue weighted by atomic mass is 14.1. The molecule has 152 valence electrons. The predicted molar refractivity (Wildman–Crippen MR) is 139 cm³/mol. The third-order valence-corrected chi connectivity index (χ3v) is 6.52. The van der Waals surface area contributed by atoms with Crippen LogP contribution >= 0.6 is 0 Å². The van der Waals surface area contributed by atoms with Crippen LogP contribution in [0.4, 0.5) is 0 Å². The number of benzene rings is 6. The molecule has 0 nitrogen and oxygen atoms in total. The van der Waals surface area contributed by atoms with Crippen LogP contribution in [0.2, 0.25) is 0 Å². The zero-order chi connectivity index (χ0) is 21.7. The molecule has 6 aromatic carbocycles. The second-order valence-electron chi connectivity index (χ2n) is 8.84. The quantitative estimate of drug-likeness (QED) is 0.268. The molecular weight excluding hydrogens is 384 g/mol. The summed E-state index contributed by atoms with van der Waals surface area (Å²) in [7, 11) is 0. The SMILES string of the molecule is Cc1ccc2cc(-c3cc(-c4cccc5ccc(C)cc45)c4ccccc4c3)ccc2c1. The van der Waals surface area contributed by atoms with Crippen molar-refractivity contribution in [3.63, 3.8) is 0 Å². The van der Waals surface area contributed by atoms with Gasteiger partial charge in [-0.05, 0) is 86.6 Å². The summed E-state index contributed by atoms with van der Waals surface area (Å²) in [5.74, 6) is 0. The van der Waals surface area contributed by atoms with Crippen molar-refractivity contribution in [2.45, 2.75) is 13.8 Å².